The van der Waals surface area contributed by atoms with Crippen LogP contribution in [-0.4, -0.2) is 4.98 Å². The topological polar surface area (TPSA) is 29.3 Å². The average molecular weight is 537 g/mol. The van der Waals surface area contributed by atoms with Gasteiger partial charge in [0.2, 0.25) is 0 Å². The van der Waals surface area contributed by atoms with Crippen molar-refractivity contribution in [1.29, 1.82) is 0 Å². The Labute approximate surface area is 242 Å². The molecule has 0 fully saturated rings. The molecule has 0 unspecified atom stereocenters. The van der Waals surface area contributed by atoms with Gasteiger partial charge in [0.25, 0.3) is 0 Å². The van der Waals surface area contributed by atoms with Gasteiger partial charge in [0.05, 0.1) is 11.4 Å². The average Bonchev–Trinajstić information content (AvgIpc) is 3.60. The van der Waals surface area contributed by atoms with Gasteiger partial charge in [0, 0.05) is 34.2 Å². The number of para-hydroxylation sites is 1. The quantitative estimate of drug-likeness (QED) is 0.224. The van der Waals surface area contributed by atoms with Crippen molar-refractivity contribution in [1.82, 2.24) is 4.98 Å². The Morgan fingerprint density at radius 2 is 1.17 bits per heavy atom. The van der Waals surface area contributed by atoms with Gasteiger partial charge in [-0.05, 0) is 69.1 Å². The largest absolute Gasteiger partial charge is 0.454 e. The maximum absolute atomic E-state index is 6.54. The van der Waals surface area contributed by atoms with Gasteiger partial charge in [-0.3, -0.25) is 4.98 Å². The van der Waals surface area contributed by atoms with Gasteiger partial charge in [-0.2, -0.15) is 0 Å². The van der Waals surface area contributed by atoms with Crippen molar-refractivity contribution in [2.75, 3.05) is 4.90 Å². The summed E-state index contributed by atoms with van der Waals surface area (Å²) < 4.78 is 6.54. The lowest BCUT2D eigenvalue weighted by Gasteiger charge is -2.27. The van der Waals surface area contributed by atoms with E-state index in [-0.39, 0.29) is 0 Å². The van der Waals surface area contributed by atoms with Crippen LogP contribution < -0.4 is 4.90 Å². The predicted molar refractivity (Wildman–Crippen MR) is 174 cm³/mol. The summed E-state index contributed by atoms with van der Waals surface area (Å²) in [7, 11) is 0. The molecule has 2 heterocycles. The highest BCUT2D eigenvalue weighted by atomic mass is 16.3. The summed E-state index contributed by atoms with van der Waals surface area (Å²) in [5, 5.41) is 4.58. The summed E-state index contributed by atoms with van der Waals surface area (Å²) in [5.41, 5.74) is 12.4. The minimum Gasteiger partial charge on any atom is -0.454 e. The van der Waals surface area contributed by atoms with Crippen LogP contribution in [0.1, 0.15) is 0 Å². The molecule has 0 amide bonds. The Morgan fingerprint density at radius 3 is 2.00 bits per heavy atom. The van der Waals surface area contributed by atoms with Gasteiger partial charge >= 0.3 is 0 Å². The van der Waals surface area contributed by atoms with Crippen LogP contribution in [0, 0.1) is 0 Å². The number of rotatable bonds is 4. The molecular weight excluding hydrogens is 512 g/mol. The summed E-state index contributed by atoms with van der Waals surface area (Å²) in [6.45, 7) is 0. The van der Waals surface area contributed by atoms with Crippen molar-refractivity contribution in [3.8, 4) is 33.4 Å². The number of aromatic nitrogens is 1. The number of pyridine rings is 1. The van der Waals surface area contributed by atoms with Gasteiger partial charge in [-0.15, -0.1) is 0 Å². The fourth-order valence-corrected chi connectivity index (χ4v) is 6.63. The summed E-state index contributed by atoms with van der Waals surface area (Å²) in [5.74, 6) is 0. The zero-order chi connectivity index (χ0) is 27.6. The lowest BCUT2D eigenvalue weighted by molar-refractivity contribution is 0.668. The lowest BCUT2D eigenvalue weighted by Crippen LogP contribution is -2.11. The van der Waals surface area contributed by atoms with Crippen LogP contribution in [0.25, 0.3) is 66.1 Å². The molecule has 0 spiro atoms. The van der Waals surface area contributed by atoms with Gasteiger partial charge in [0.15, 0.2) is 5.58 Å². The van der Waals surface area contributed by atoms with Crippen molar-refractivity contribution in [2.45, 2.75) is 0 Å². The minimum absolute atomic E-state index is 0.836. The second kappa shape index (κ2) is 8.92. The normalized spacial score (nSPS) is 11.8. The van der Waals surface area contributed by atoms with Crippen LogP contribution in [0.15, 0.2) is 150 Å². The molecule has 196 valence electrons. The summed E-state index contributed by atoms with van der Waals surface area (Å²) >= 11 is 0. The Kier molecular flexibility index (Phi) is 4.90. The van der Waals surface area contributed by atoms with E-state index in [1.807, 2.05) is 12.3 Å². The van der Waals surface area contributed by atoms with E-state index < -0.39 is 0 Å². The number of hydrogen-bond donors (Lipinski definition) is 0. The van der Waals surface area contributed by atoms with Gasteiger partial charge in [-0.1, -0.05) is 103 Å². The van der Waals surface area contributed by atoms with Crippen LogP contribution in [-0.2, 0) is 0 Å². The first-order valence-corrected chi connectivity index (χ1v) is 14.2. The molecule has 42 heavy (non-hydrogen) atoms. The smallest absolute Gasteiger partial charge is 0.159 e. The van der Waals surface area contributed by atoms with Gasteiger partial charge in [0.1, 0.15) is 5.58 Å². The van der Waals surface area contributed by atoms with E-state index in [0.717, 1.165) is 39.0 Å². The van der Waals surface area contributed by atoms with Crippen LogP contribution >= 0.6 is 0 Å². The van der Waals surface area contributed by atoms with Crippen LogP contribution in [0.3, 0.4) is 0 Å². The third kappa shape index (κ3) is 3.31. The molecule has 0 aliphatic heterocycles. The Balaban J connectivity index is 1.32. The van der Waals surface area contributed by atoms with E-state index in [1.165, 1.54) is 44.2 Å². The Morgan fingerprint density at radius 1 is 0.476 bits per heavy atom. The first kappa shape index (κ1) is 23.1. The number of hydrogen-bond acceptors (Lipinski definition) is 3. The molecule has 8 aromatic rings. The highest BCUT2D eigenvalue weighted by Crippen LogP contribution is 2.51. The van der Waals surface area contributed by atoms with Crippen LogP contribution in [0.4, 0.5) is 17.1 Å². The van der Waals surface area contributed by atoms with E-state index in [2.05, 4.69) is 137 Å². The highest BCUT2D eigenvalue weighted by Gasteiger charge is 2.26. The van der Waals surface area contributed by atoms with Crippen molar-refractivity contribution >= 4 is 49.8 Å². The number of nitrogens with zero attached hydrogens (tertiary/aromatic N) is 2. The second-order valence-corrected chi connectivity index (χ2v) is 10.8. The first-order chi connectivity index (χ1) is 20.8. The van der Waals surface area contributed by atoms with Crippen molar-refractivity contribution in [3.63, 3.8) is 0 Å². The standard InChI is InChI=1S/C39H24N2O/c1-2-8-25(9-3-1)26-16-18-27(19-17-26)41(36-15-7-13-32-34-24-40-23-22-37(34)42-39(32)36)35-21-20-31-29-11-5-4-10-28(29)30-12-6-14-33(35)38(30)31/h1-24H. The predicted octanol–water partition coefficient (Wildman–Crippen LogP) is 10.9. The molecule has 1 aliphatic rings. The molecule has 1 aliphatic carbocycles. The van der Waals surface area contributed by atoms with Crippen molar-refractivity contribution in [2.24, 2.45) is 0 Å². The molecule has 0 saturated heterocycles. The molecule has 3 nitrogen and oxygen atoms in total. The number of benzene rings is 6. The molecule has 9 rings (SSSR count). The summed E-state index contributed by atoms with van der Waals surface area (Å²) in [6.07, 6.45) is 3.67. The molecule has 2 aromatic heterocycles. The SMILES string of the molecule is c1ccc(-c2ccc(N(c3ccc4c5c(cccc35)-c3ccccc3-4)c3cccc4c3oc3ccncc34)cc2)cc1. The first-order valence-electron chi connectivity index (χ1n) is 14.2. The summed E-state index contributed by atoms with van der Waals surface area (Å²) in [4.78, 5) is 6.72. The van der Waals surface area contributed by atoms with E-state index >= 15 is 0 Å². The van der Waals surface area contributed by atoms with E-state index in [0.29, 0.717) is 0 Å². The number of furan rings is 1. The zero-order valence-electron chi connectivity index (χ0n) is 22.7. The molecule has 0 radical (unpaired) electrons. The highest BCUT2D eigenvalue weighted by molar-refractivity contribution is 6.20. The fraction of sp³-hybridized carbons (Fsp3) is 0. The maximum atomic E-state index is 6.54. The lowest BCUT2D eigenvalue weighted by atomic mass is 9.99. The summed E-state index contributed by atoms with van der Waals surface area (Å²) in [6, 6.07) is 47.6. The minimum atomic E-state index is 0.836. The van der Waals surface area contributed by atoms with Crippen molar-refractivity contribution in [3.05, 3.63) is 146 Å². The Bertz CT molecular complexity index is 2270. The number of anilines is 3. The molecule has 0 atom stereocenters. The molecule has 0 saturated carbocycles. The molecular formula is C39H24N2O. The maximum Gasteiger partial charge on any atom is 0.159 e. The monoisotopic (exact) mass is 536 g/mol. The molecule has 6 aromatic carbocycles. The number of fused-ring (bicyclic) bond motifs is 6. The second-order valence-electron chi connectivity index (χ2n) is 10.8. The molecule has 3 heteroatoms. The van der Waals surface area contributed by atoms with Crippen LogP contribution in [0.5, 0.6) is 0 Å². The van der Waals surface area contributed by atoms with Gasteiger partial charge < -0.3 is 9.32 Å². The molecule has 0 bridgehead atoms. The third-order valence-electron chi connectivity index (χ3n) is 8.52. The van der Waals surface area contributed by atoms with E-state index in [1.54, 1.807) is 6.20 Å². The molecule has 0 N–H and O–H groups in total. The third-order valence-corrected chi connectivity index (χ3v) is 8.52. The Hall–Kier alpha value is -5.67. The van der Waals surface area contributed by atoms with Gasteiger partial charge in [-0.25, -0.2) is 0 Å². The zero-order valence-corrected chi connectivity index (χ0v) is 22.7. The van der Waals surface area contributed by atoms with E-state index in [9.17, 15) is 0 Å². The van der Waals surface area contributed by atoms with E-state index in [4.69, 9.17) is 4.42 Å². The fourth-order valence-electron chi connectivity index (χ4n) is 6.63. The van der Waals surface area contributed by atoms with Crippen LogP contribution in [0.2, 0.25) is 0 Å². The van der Waals surface area contributed by atoms with Crippen molar-refractivity contribution < 1.29 is 4.42 Å².